The van der Waals surface area contributed by atoms with E-state index in [9.17, 15) is 14.0 Å². The fourth-order valence-electron chi connectivity index (χ4n) is 2.86. The fourth-order valence-corrected chi connectivity index (χ4v) is 3.55. The summed E-state index contributed by atoms with van der Waals surface area (Å²) >= 11 is 1.36. The largest absolute Gasteiger partial charge is 0.482 e. The summed E-state index contributed by atoms with van der Waals surface area (Å²) in [4.78, 5) is 27.1. The Morgan fingerprint density at radius 2 is 2.00 bits per heavy atom. The van der Waals surface area contributed by atoms with Gasteiger partial charge in [-0.1, -0.05) is 24.3 Å². The lowest BCUT2D eigenvalue weighted by atomic mass is 10.1. The maximum Gasteiger partial charge on any atom is 0.265 e. The molecular formula is C20H14FNO3S. The summed E-state index contributed by atoms with van der Waals surface area (Å²) in [6.45, 7) is -0.0296. The number of amides is 1. The summed E-state index contributed by atoms with van der Waals surface area (Å²) in [7, 11) is 0. The summed E-state index contributed by atoms with van der Waals surface area (Å²) in [5, 5.41) is 1.84. The normalized spacial score (nSPS) is 13.3. The van der Waals surface area contributed by atoms with Gasteiger partial charge in [-0.3, -0.25) is 9.59 Å². The molecule has 6 heteroatoms. The number of hydrogen-bond donors (Lipinski definition) is 0. The average Bonchev–Trinajstić information content (AvgIpc) is 3.19. The highest BCUT2D eigenvalue weighted by Gasteiger charge is 2.27. The Hall–Kier alpha value is -2.99. The Labute approximate surface area is 153 Å². The third kappa shape index (κ3) is 2.99. The van der Waals surface area contributed by atoms with Gasteiger partial charge in [0, 0.05) is 11.1 Å². The zero-order valence-corrected chi connectivity index (χ0v) is 14.5. The van der Waals surface area contributed by atoms with E-state index in [-0.39, 0.29) is 30.7 Å². The van der Waals surface area contributed by atoms with E-state index in [2.05, 4.69) is 0 Å². The molecule has 0 radical (unpaired) electrons. The lowest BCUT2D eigenvalue weighted by Crippen LogP contribution is -2.38. The van der Waals surface area contributed by atoms with Crippen LogP contribution in [0, 0.1) is 5.82 Å². The van der Waals surface area contributed by atoms with E-state index in [1.165, 1.54) is 22.3 Å². The predicted octanol–water partition coefficient (Wildman–Crippen LogP) is 4.04. The molecule has 0 bridgehead atoms. The molecule has 0 atom stereocenters. The van der Waals surface area contributed by atoms with Crippen molar-refractivity contribution in [2.24, 2.45) is 0 Å². The van der Waals surface area contributed by atoms with Crippen LogP contribution < -0.4 is 9.64 Å². The summed E-state index contributed by atoms with van der Waals surface area (Å²) in [5.41, 5.74) is 1.35. The first kappa shape index (κ1) is 16.5. The molecule has 1 aliphatic rings. The molecular weight excluding hydrogens is 353 g/mol. The molecule has 0 fully saturated rings. The fraction of sp³-hybridized carbons (Fsp3) is 0.100. The number of anilines is 1. The molecule has 0 aliphatic carbocycles. The van der Waals surface area contributed by atoms with Gasteiger partial charge < -0.3 is 9.64 Å². The first-order chi connectivity index (χ1) is 12.6. The number of carbonyl (C=O) groups is 2. The minimum atomic E-state index is -0.376. The average molecular weight is 367 g/mol. The Bertz CT molecular complexity index is 984. The monoisotopic (exact) mass is 367 g/mol. The Kier molecular flexibility index (Phi) is 4.26. The number of hydrogen-bond acceptors (Lipinski definition) is 4. The second-order valence-electron chi connectivity index (χ2n) is 5.85. The van der Waals surface area contributed by atoms with Crippen LogP contribution in [-0.4, -0.2) is 18.3 Å². The first-order valence-electron chi connectivity index (χ1n) is 8.02. The number of carbonyl (C=O) groups excluding carboxylic acids is 2. The molecule has 1 aliphatic heterocycles. The Morgan fingerprint density at radius 3 is 2.77 bits per heavy atom. The number of ether oxygens (including phenoxy) is 1. The van der Waals surface area contributed by atoms with Crippen molar-refractivity contribution in [1.29, 1.82) is 0 Å². The van der Waals surface area contributed by atoms with Crippen LogP contribution in [0.15, 0.2) is 60.0 Å². The minimum absolute atomic E-state index is 0.0819. The first-order valence-corrected chi connectivity index (χ1v) is 8.90. The van der Waals surface area contributed by atoms with Crippen molar-refractivity contribution in [3.63, 3.8) is 0 Å². The van der Waals surface area contributed by atoms with Gasteiger partial charge in [-0.2, -0.15) is 0 Å². The van der Waals surface area contributed by atoms with Crippen molar-refractivity contribution in [3.05, 3.63) is 81.8 Å². The molecule has 0 N–H and O–H groups in total. The zero-order valence-electron chi connectivity index (χ0n) is 13.6. The number of nitrogens with zero attached hydrogens (tertiary/aromatic N) is 1. The number of benzene rings is 2. The van der Waals surface area contributed by atoms with E-state index in [0.717, 1.165) is 0 Å². The van der Waals surface area contributed by atoms with Gasteiger partial charge in [-0.15, -0.1) is 11.3 Å². The van der Waals surface area contributed by atoms with Crippen molar-refractivity contribution >= 4 is 28.7 Å². The van der Waals surface area contributed by atoms with Gasteiger partial charge in [-0.05, 0) is 35.7 Å². The molecule has 26 heavy (non-hydrogen) atoms. The van der Waals surface area contributed by atoms with Crippen LogP contribution in [0.3, 0.4) is 0 Å². The lowest BCUT2D eigenvalue weighted by Gasteiger charge is -2.30. The number of halogens is 1. The third-order valence-corrected chi connectivity index (χ3v) is 5.06. The number of fused-ring (bicyclic) bond motifs is 1. The molecule has 4 rings (SSSR count). The van der Waals surface area contributed by atoms with Crippen molar-refractivity contribution in [2.75, 3.05) is 11.5 Å². The maximum absolute atomic E-state index is 14.0. The van der Waals surface area contributed by atoms with Crippen molar-refractivity contribution in [3.8, 4) is 5.75 Å². The van der Waals surface area contributed by atoms with Gasteiger partial charge in [0.2, 0.25) is 5.78 Å². The highest BCUT2D eigenvalue weighted by atomic mass is 32.1. The molecule has 1 aromatic heterocycles. The van der Waals surface area contributed by atoms with E-state index in [1.54, 1.807) is 42.5 Å². The van der Waals surface area contributed by atoms with Crippen molar-refractivity contribution in [2.45, 2.75) is 6.54 Å². The quantitative estimate of drug-likeness (QED) is 0.654. The van der Waals surface area contributed by atoms with Gasteiger partial charge in [-0.25, -0.2) is 4.39 Å². The molecule has 130 valence electrons. The number of ketones is 1. The number of rotatable bonds is 4. The third-order valence-electron chi connectivity index (χ3n) is 4.20. The molecule has 0 saturated carbocycles. The molecule has 0 saturated heterocycles. The van der Waals surface area contributed by atoms with E-state index < -0.39 is 0 Å². The van der Waals surface area contributed by atoms with Crippen LogP contribution in [-0.2, 0) is 11.3 Å². The van der Waals surface area contributed by atoms with Crippen LogP contribution in [0.4, 0.5) is 10.1 Å². The standard InChI is InChI=1S/C20H14FNO3S/c21-15-5-2-1-4-14(15)11-22-16-10-13(20(24)18-6-3-9-26-18)7-8-17(16)25-12-19(22)23/h1-10H,11-12H2. The second kappa shape index (κ2) is 6.72. The highest BCUT2D eigenvalue weighted by molar-refractivity contribution is 7.12. The number of thiophene rings is 1. The zero-order chi connectivity index (χ0) is 18.1. The molecule has 2 aromatic carbocycles. The summed E-state index contributed by atoms with van der Waals surface area (Å²) < 4.78 is 19.5. The molecule has 4 nitrogen and oxygen atoms in total. The van der Waals surface area contributed by atoms with Crippen LogP contribution in [0.25, 0.3) is 0 Å². The molecule has 0 unspecified atom stereocenters. The van der Waals surface area contributed by atoms with Gasteiger partial charge in [0.1, 0.15) is 11.6 Å². The second-order valence-corrected chi connectivity index (χ2v) is 6.80. The van der Waals surface area contributed by atoms with Gasteiger partial charge in [0.05, 0.1) is 17.1 Å². The molecule has 1 amide bonds. The van der Waals surface area contributed by atoms with Crippen molar-refractivity contribution in [1.82, 2.24) is 0 Å². The Morgan fingerprint density at radius 1 is 1.15 bits per heavy atom. The predicted molar refractivity (Wildman–Crippen MR) is 97.3 cm³/mol. The van der Waals surface area contributed by atoms with E-state index >= 15 is 0 Å². The summed E-state index contributed by atoms with van der Waals surface area (Å²) in [6, 6.07) is 14.9. The van der Waals surface area contributed by atoms with Crippen LogP contribution in [0.1, 0.15) is 20.8 Å². The Balaban J connectivity index is 1.72. The maximum atomic E-state index is 14.0. The summed E-state index contributed by atoms with van der Waals surface area (Å²) in [6.07, 6.45) is 0. The van der Waals surface area contributed by atoms with Crippen LogP contribution >= 0.6 is 11.3 Å². The van der Waals surface area contributed by atoms with E-state index in [1.807, 2.05) is 11.4 Å². The van der Waals surface area contributed by atoms with E-state index in [0.29, 0.717) is 27.4 Å². The molecule has 2 heterocycles. The molecule has 3 aromatic rings. The smallest absolute Gasteiger partial charge is 0.265 e. The van der Waals surface area contributed by atoms with E-state index in [4.69, 9.17) is 4.74 Å². The minimum Gasteiger partial charge on any atom is -0.482 e. The van der Waals surface area contributed by atoms with Crippen LogP contribution in [0.2, 0.25) is 0 Å². The van der Waals surface area contributed by atoms with Crippen LogP contribution in [0.5, 0.6) is 5.75 Å². The van der Waals surface area contributed by atoms with Gasteiger partial charge in [0.15, 0.2) is 6.61 Å². The topological polar surface area (TPSA) is 46.6 Å². The van der Waals surface area contributed by atoms with Gasteiger partial charge in [0.25, 0.3) is 5.91 Å². The van der Waals surface area contributed by atoms with Crippen molar-refractivity contribution < 1.29 is 18.7 Å². The summed E-state index contributed by atoms with van der Waals surface area (Å²) in [5.74, 6) is -0.268. The highest BCUT2D eigenvalue weighted by Crippen LogP contribution is 2.35. The SMILES string of the molecule is O=C(c1ccc2c(c1)N(Cc1ccccc1F)C(=O)CO2)c1cccs1. The molecule has 0 spiro atoms. The van der Waals surface area contributed by atoms with Gasteiger partial charge >= 0.3 is 0 Å². The lowest BCUT2D eigenvalue weighted by molar-refractivity contribution is -0.121.